The smallest absolute Gasteiger partial charge is 0.228 e. The molecule has 1 unspecified atom stereocenters. The number of hydrogen-bond donors (Lipinski definition) is 1. The summed E-state index contributed by atoms with van der Waals surface area (Å²) in [6, 6.07) is 3.18. The molecular formula is C13H17FN4O. The van der Waals surface area contributed by atoms with Gasteiger partial charge in [-0.3, -0.25) is 0 Å². The van der Waals surface area contributed by atoms with Crippen LogP contribution in [0.2, 0.25) is 0 Å². The zero-order valence-electron chi connectivity index (χ0n) is 11.1. The first-order valence-electron chi connectivity index (χ1n) is 6.34. The molecule has 0 amide bonds. The fourth-order valence-corrected chi connectivity index (χ4v) is 1.86. The zero-order chi connectivity index (χ0) is 13.7. The second-order valence-electron chi connectivity index (χ2n) is 4.35. The van der Waals surface area contributed by atoms with Crippen molar-refractivity contribution in [3.63, 3.8) is 0 Å². The molecule has 0 bridgehead atoms. The van der Waals surface area contributed by atoms with E-state index in [0.29, 0.717) is 29.9 Å². The van der Waals surface area contributed by atoms with Crippen LogP contribution in [0.25, 0.3) is 11.5 Å². The molecule has 2 rings (SSSR count). The normalized spacial score (nSPS) is 12.6. The maximum absolute atomic E-state index is 12.8. The molecule has 0 spiro atoms. The summed E-state index contributed by atoms with van der Waals surface area (Å²) in [6.07, 6.45) is 3.95. The summed E-state index contributed by atoms with van der Waals surface area (Å²) in [5, 5.41) is 7.08. The zero-order valence-corrected chi connectivity index (χ0v) is 11.1. The predicted molar refractivity (Wildman–Crippen MR) is 68.9 cm³/mol. The van der Waals surface area contributed by atoms with Crippen LogP contribution < -0.4 is 5.32 Å². The highest BCUT2D eigenvalue weighted by Crippen LogP contribution is 2.14. The van der Waals surface area contributed by atoms with Crippen molar-refractivity contribution in [1.82, 2.24) is 20.4 Å². The predicted octanol–water partition coefficient (Wildman–Crippen LogP) is 2.20. The van der Waals surface area contributed by atoms with E-state index in [4.69, 9.17) is 4.52 Å². The highest BCUT2D eigenvalue weighted by Gasteiger charge is 2.14. The maximum atomic E-state index is 12.8. The average Bonchev–Trinajstić information content (AvgIpc) is 2.87. The number of pyridine rings is 1. The van der Waals surface area contributed by atoms with Crippen LogP contribution >= 0.6 is 0 Å². The van der Waals surface area contributed by atoms with Crippen LogP contribution in [0.3, 0.4) is 0 Å². The molecule has 5 nitrogen and oxygen atoms in total. The number of nitrogens with one attached hydrogen (secondary N) is 1. The van der Waals surface area contributed by atoms with Gasteiger partial charge in [0.05, 0.1) is 6.20 Å². The van der Waals surface area contributed by atoms with Crippen molar-refractivity contribution >= 4 is 0 Å². The fraction of sp³-hybridized carbons (Fsp3) is 0.462. The molecule has 2 aromatic rings. The Morgan fingerprint density at radius 3 is 2.89 bits per heavy atom. The monoisotopic (exact) mass is 264 g/mol. The summed E-state index contributed by atoms with van der Waals surface area (Å²) in [4.78, 5) is 8.20. The van der Waals surface area contributed by atoms with E-state index < -0.39 is 0 Å². The lowest BCUT2D eigenvalue weighted by atomic mass is 10.1. The minimum Gasteiger partial charge on any atom is -0.339 e. The summed E-state index contributed by atoms with van der Waals surface area (Å²) in [6.45, 7) is 2.13. The summed E-state index contributed by atoms with van der Waals surface area (Å²) >= 11 is 0. The maximum Gasteiger partial charge on any atom is 0.228 e. The topological polar surface area (TPSA) is 63.8 Å². The minimum atomic E-state index is -0.384. The van der Waals surface area contributed by atoms with Gasteiger partial charge in [-0.1, -0.05) is 18.5 Å². The van der Waals surface area contributed by atoms with Gasteiger partial charge in [-0.25, -0.2) is 9.37 Å². The van der Waals surface area contributed by atoms with Gasteiger partial charge < -0.3 is 9.84 Å². The highest BCUT2D eigenvalue weighted by molar-refractivity contribution is 5.47. The van der Waals surface area contributed by atoms with Gasteiger partial charge in [-0.2, -0.15) is 4.98 Å². The SMILES string of the molecule is CCCC(Cc1nc(-c2ccc(F)cn2)no1)NC. The number of aromatic nitrogens is 3. The largest absolute Gasteiger partial charge is 0.339 e. The quantitative estimate of drug-likeness (QED) is 0.866. The second-order valence-corrected chi connectivity index (χ2v) is 4.35. The Kier molecular flexibility index (Phi) is 4.57. The molecule has 0 aliphatic heterocycles. The van der Waals surface area contributed by atoms with Crippen molar-refractivity contribution < 1.29 is 8.91 Å². The Balaban J connectivity index is 2.08. The first-order valence-corrected chi connectivity index (χ1v) is 6.34. The van der Waals surface area contributed by atoms with Gasteiger partial charge in [0.15, 0.2) is 0 Å². The third-order valence-corrected chi connectivity index (χ3v) is 2.89. The van der Waals surface area contributed by atoms with Gasteiger partial charge in [-0.15, -0.1) is 0 Å². The second kappa shape index (κ2) is 6.38. The van der Waals surface area contributed by atoms with E-state index in [1.54, 1.807) is 0 Å². The first kappa shape index (κ1) is 13.6. The molecule has 1 N–H and O–H groups in total. The molecule has 1 atom stereocenters. The van der Waals surface area contributed by atoms with Crippen molar-refractivity contribution in [1.29, 1.82) is 0 Å². The standard InChI is InChI=1S/C13H17FN4O/c1-3-4-10(15-2)7-12-17-13(18-19-12)11-6-5-9(14)8-16-11/h5-6,8,10,15H,3-4,7H2,1-2H3. The molecule has 0 saturated heterocycles. The molecule has 6 heteroatoms. The van der Waals surface area contributed by atoms with Gasteiger partial charge >= 0.3 is 0 Å². The van der Waals surface area contributed by atoms with Gasteiger partial charge in [0.2, 0.25) is 11.7 Å². The van der Waals surface area contributed by atoms with Gasteiger partial charge in [-0.05, 0) is 25.6 Å². The summed E-state index contributed by atoms with van der Waals surface area (Å²) in [5.74, 6) is 0.570. The van der Waals surface area contributed by atoms with Crippen LogP contribution in [-0.4, -0.2) is 28.2 Å². The van der Waals surface area contributed by atoms with E-state index in [-0.39, 0.29) is 5.82 Å². The molecule has 0 fully saturated rings. The lowest BCUT2D eigenvalue weighted by Crippen LogP contribution is -2.27. The Bertz CT molecular complexity index is 512. The van der Waals surface area contributed by atoms with Crippen molar-refractivity contribution in [3.8, 4) is 11.5 Å². The van der Waals surface area contributed by atoms with E-state index in [2.05, 4.69) is 27.4 Å². The van der Waals surface area contributed by atoms with Crippen LogP contribution in [0.5, 0.6) is 0 Å². The van der Waals surface area contributed by atoms with Crippen LogP contribution in [-0.2, 0) is 6.42 Å². The Morgan fingerprint density at radius 2 is 2.26 bits per heavy atom. The number of halogens is 1. The highest BCUT2D eigenvalue weighted by atomic mass is 19.1. The molecule has 0 saturated carbocycles. The van der Waals surface area contributed by atoms with E-state index in [9.17, 15) is 4.39 Å². The third kappa shape index (κ3) is 3.57. The lowest BCUT2D eigenvalue weighted by Gasteiger charge is -2.11. The molecule has 0 aromatic carbocycles. The molecule has 2 heterocycles. The molecule has 0 radical (unpaired) electrons. The first-order chi connectivity index (χ1) is 9.22. The van der Waals surface area contributed by atoms with E-state index >= 15 is 0 Å². The van der Waals surface area contributed by atoms with Crippen LogP contribution in [0.4, 0.5) is 4.39 Å². The van der Waals surface area contributed by atoms with E-state index in [1.807, 2.05) is 7.05 Å². The average molecular weight is 264 g/mol. The van der Waals surface area contributed by atoms with Crippen molar-refractivity contribution in [3.05, 3.63) is 30.0 Å². The number of hydrogen-bond acceptors (Lipinski definition) is 5. The van der Waals surface area contributed by atoms with Gasteiger partial charge in [0, 0.05) is 12.5 Å². The molecular weight excluding hydrogens is 247 g/mol. The van der Waals surface area contributed by atoms with Crippen LogP contribution in [0, 0.1) is 5.82 Å². The Labute approximate surface area is 111 Å². The Hall–Kier alpha value is -1.82. The van der Waals surface area contributed by atoms with Crippen LogP contribution in [0.15, 0.2) is 22.9 Å². The molecule has 102 valence electrons. The molecule has 0 aliphatic carbocycles. The number of rotatable bonds is 6. The number of nitrogens with zero attached hydrogens (tertiary/aromatic N) is 3. The number of likely N-dealkylation sites (N-methyl/N-ethyl adjacent to an activating group) is 1. The van der Waals surface area contributed by atoms with E-state index in [1.165, 1.54) is 12.1 Å². The molecule has 0 aliphatic rings. The Morgan fingerprint density at radius 1 is 1.42 bits per heavy atom. The van der Waals surface area contributed by atoms with Crippen molar-refractivity contribution in [2.24, 2.45) is 0 Å². The summed E-state index contributed by atoms with van der Waals surface area (Å²) in [7, 11) is 1.92. The van der Waals surface area contributed by atoms with E-state index in [0.717, 1.165) is 19.0 Å². The van der Waals surface area contributed by atoms with Gasteiger partial charge in [0.1, 0.15) is 11.5 Å². The third-order valence-electron chi connectivity index (χ3n) is 2.89. The minimum absolute atomic E-state index is 0.319. The fourth-order valence-electron chi connectivity index (χ4n) is 1.86. The summed E-state index contributed by atoms with van der Waals surface area (Å²) < 4.78 is 18.0. The van der Waals surface area contributed by atoms with Crippen LogP contribution in [0.1, 0.15) is 25.7 Å². The van der Waals surface area contributed by atoms with Crippen molar-refractivity contribution in [2.75, 3.05) is 7.05 Å². The molecule has 19 heavy (non-hydrogen) atoms. The lowest BCUT2D eigenvalue weighted by molar-refractivity contribution is 0.356. The van der Waals surface area contributed by atoms with Gasteiger partial charge in [0.25, 0.3) is 0 Å². The summed E-state index contributed by atoms with van der Waals surface area (Å²) in [5.41, 5.74) is 0.507. The molecule has 2 aromatic heterocycles. The van der Waals surface area contributed by atoms with Crippen molar-refractivity contribution in [2.45, 2.75) is 32.2 Å².